The normalized spacial score (nSPS) is 24.6. The van der Waals surface area contributed by atoms with Gasteiger partial charge in [0.1, 0.15) is 11.3 Å². The largest absolute Gasteiger partial charge is 0.573 e. The fourth-order valence-electron chi connectivity index (χ4n) is 5.26. The molecule has 0 aliphatic carbocycles. The van der Waals surface area contributed by atoms with Gasteiger partial charge in [-0.2, -0.15) is 0 Å². The topological polar surface area (TPSA) is 165 Å². The first-order valence-corrected chi connectivity index (χ1v) is 10.8. The lowest BCUT2D eigenvalue weighted by molar-refractivity contribution is -0.526. The number of amides is 1. The van der Waals surface area contributed by atoms with Gasteiger partial charge in [-0.15, -0.1) is 13.2 Å². The summed E-state index contributed by atoms with van der Waals surface area (Å²) in [7, 11) is 0. The molecule has 5 rings (SSSR count). The molecule has 2 aliphatic rings. The summed E-state index contributed by atoms with van der Waals surface area (Å²) >= 11 is 0. The lowest BCUT2D eigenvalue weighted by atomic mass is 9.74. The molecule has 3 N–H and O–H groups in total. The Labute approximate surface area is 205 Å². The maximum Gasteiger partial charge on any atom is 0.573 e. The van der Waals surface area contributed by atoms with E-state index in [4.69, 9.17) is 0 Å². The van der Waals surface area contributed by atoms with E-state index in [1.54, 1.807) is 0 Å². The molecule has 1 saturated heterocycles. The van der Waals surface area contributed by atoms with Gasteiger partial charge in [0, 0.05) is 46.6 Å². The third kappa shape index (κ3) is 4.12. The fourth-order valence-corrected chi connectivity index (χ4v) is 5.26. The molecule has 1 aromatic heterocycles. The van der Waals surface area contributed by atoms with Crippen LogP contribution in [0.1, 0.15) is 22.7 Å². The van der Waals surface area contributed by atoms with E-state index < -0.39 is 51.4 Å². The van der Waals surface area contributed by atoms with E-state index in [-0.39, 0.29) is 28.9 Å². The minimum Gasteiger partial charge on any atom is -0.406 e. The summed E-state index contributed by atoms with van der Waals surface area (Å²) in [4.78, 5) is 42.9. The molecule has 1 fully saturated rings. The van der Waals surface area contributed by atoms with Crippen LogP contribution in [0.15, 0.2) is 55.0 Å². The van der Waals surface area contributed by atoms with Gasteiger partial charge in [0.25, 0.3) is 5.69 Å². The molecule has 0 saturated carbocycles. The summed E-state index contributed by atoms with van der Waals surface area (Å²) < 4.78 is 42.9. The molecule has 192 valence electrons. The SMILES string of the molecule is O=C1Nc2ccc(OC(F)(F)F)cc2[C@@]12N[C@H](Cc1cnc[nH]1)[C@@H]([N+](=O)[O-])[C@@H]2c1cccc([N+](=O)[O-])c1. The number of imidazole rings is 1. The van der Waals surface area contributed by atoms with Crippen molar-refractivity contribution < 1.29 is 32.5 Å². The number of nitrogens with one attached hydrogen (secondary N) is 3. The predicted octanol–water partition coefficient (Wildman–Crippen LogP) is 3.01. The van der Waals surface area contributed by atoms with E-state index in [2.05, 4.69) is 25.3 Å². The van der Waals surface area contributed by atoms with Crippen LogP contribution in [0, 0.1) is 20.2 Å². The number of alkyl halides is 3. The number of aromatic amines is 1. The van der Waals surface area contributed by atoms with Crippen molar-refractivity contribution in [2.24, 2.45) is 0 Å². The number of halogens is 3. The van der Waals surface area contributed by atoms with Crippen molar-refractivity contribution in [2.75, 3.05) is 5.32 Å². The summed E-state index contributed by atoms with van der Waals surface area (Å²) in [6.07, 6.45) is -2.19. The summed E-state index contributed by atoms with van der Waals surface area (Å²) in [6, 6.07) is 5.76. The second-order valence-electron chi connectivity index (χ2n) is 8.65. The van der Waals surface area contributed by atoms with Crippen LogP contribution in [0.4, 0.5) is 24.5 Å². The Morgan fingerprint density at radius 3 is 2.57 bits per heavy atom. The third-order valence-corrected chi connectivity index (χ3v) is 6.57. The summed E-state index contributed by atoms with van der Waals surface area (Å²) in [5.74, 6) is -2.71. The number of aromatic nitrogens is 2. The van der Waals surface area contributed by atoms with E-state index in [9.17, 15) is 38.2 Å². The van der Waals surface area contributed by atoms with Crippen molar-refractivity contribution in [3.63, 3.8) is 0 Å². The molecular formula is C22H17F3N6O6. The fraction of sp³-hybridized carbons (Fsp3) is 0.273. The van der Waals surface area contributed by atoms with E-state index in [1.165, 1.54) is 36.8 Å². The Bertz CT molecular complexity index is 1400. The highest BCUT2D eigenvalue weighted by Crippen LogP contribution is 2.53. The van der Waals surface area contributed by atoms with Gasteiger partial charge in [0.05, 0.1) is 23.2 Å². The van der Waals surface area contributed by atoms with Crippen LogP contribution in [0.2, 0.25) is 0 Å². The van der Waals surface area contributed by atoms with Crippen LogP contribution < -0.4 is 15.4 Å². The van der Waals surface area contributed by atoms with Gasteiger partial charge in [-0.1, -0.05) is 12.1 Å². The zero-order chi connectivity index (χ0) is 26.5. The molecule has 4 atom stereocenters. The predicted molar refractivity (Wildman–Crippen MR) is 119 cm³/mol. The molecule has 15 heteroatoms. The number of nitro benzene ring substituents is 1. The van der Waals surface area contributed by atoms with Gasteiger partial charge in [-0.3, -0.25) is 30.3 Å². The van der Waals surface area contributed by atoms with Crippen LogP contribution >= 0.6 is 0 Å². The molecule has 0 bridgehead atoms. The van der Waals surface area contributed by atoms with Crippen LogP contribution in [-0.4, -0.2) is 44.2 Å². The van der Waals surface area contributed by atoms with Gasteiger partial charge in [0.15, 0.2) is 0 Å². The maximum absolute atomic E-state index is 13.6. The molecule has 3 heterocycles. The smallest absolute Gasteiger partial charge is 0.406 e. The van der Waals surface area contributed by atoms with Crippen molar-refractivity contribution in [1.29, 1.82) is 0 Å². The number of fused-ring (bicyclic) bond motifs is 2. The molecule has 1 spiro atoms. The van der Waals surface area contributed by atoms with Gasteiger partial charge in [0.2, 0.25) is 11.9 Å². The molecule has 37 heavy (non-hydrogen) atoms. The minimum atomic E-state index is -5.02. The monoisotopic (exact) mass is 518 g/mol. The molecule has 0 radical (unpaired) electrons. The number of carbonyl (C=O) groups is 1. The molecular weight excluding hydrogens is 501 g/mol. The first kappa shape index (κ1) is 24.2. The second kappa shape index (κ2) is 8.55. The number of benzene rings is 2. The number of rotatable bonds is 6. The van der Waals surface area contributed by atoms with Crippen LogP contribution in [0.25, 0.3) is 0 Å². The first-order valence-electron chi connectivity index (χ1n) is 10.8. The number of nitrogens with zero attached hydrogens (tertiary/aromatic N) is 3. The standard InChI is InChI=1S/C22H17F3N6O6/c23-22(24,25)37-14-4-5-16-15(8-14)21(20(32)28-16)18(11-2-1-3-13(6-11)30(33)34)19(31(35)36)17(29-21)7-12-9-26-10-27-12/h1-6,8-10,17-19,29H,7H2,(H,26,27)(H,28,32)/t17-,18+,19-,21+/m1/s1. The third-order valence-electron chi connectivity index (χ3n) is 6.57. The molecule has 2 aromatic carbocycles. The Balaban J connectivity index is 1.72. The Morgan fingerprint density at radius 1 is 1.14 bits per heavy atom. The van der Waals surface area contributed by atoms with Crippen molar-refractivity contribution in [3.8, 4) is 5.75 Å². The van der Waals surface area contributed by atoms with Crippen molar-refractivity contribution in [2.45, 2.75) is 36.3 Å². The lowest BCUT2D eigenvalue weighted by Gasteiger charge is -2.30. The number of hydrogen-bond acceptors (Lipinski definition) is 8. The summed E-state index contributed by atoms with van der Waals surface area (Å²) in [5.41, 5.74) is -1.56. The highest BCUT2D eigenvalue weighted by molar-refractivity contribution is 6.07. The van der Waals surface area contributed by atoms with Crippen LogP contribution in [0.3, 0.4) is 0 Å². The number of carbonyl (C=O) groups excluding carboxylic acids is 1. The van der Waals surface area contributed by atoms with Crippen molar-refractivity contribution >= 4 is 17.3 Å². The lowest BCUT2D eigenvalue weighted by Crippen LogP contribution is -2.49. The Morgan fingerprint density at radius 2 is 1.92 bits per heavy atom. The highest BCUT2D eigenvalue weighted by atomic mass is 19.4. The maximum atomic E-state index is 13.6. The average Bonchev–Trinajstić information content (AvgIpc) is 3.51. The number of ether oxygens (including phenoxy) is 1. The second-order valence-corrected chi connectivity index (χ2v) is 8.65. The molecule has 12 nitrogen and oxygen atoms in total. The van der Waals surface area contributed by atoms with E-state index in [0.29, 0.717) is 5.69 Å². The van der Waals surface area contributed by atoms with E-state index in [0.717, 1.165) is 18.2 Å². The highest BCUT2D eigenvalue weighted by Gasteiger charge is 2.66. The number of anilines is 1. The number of H-pyrrole nitrogens is 1. The zero-order valence-electron chi connectivity index (χ0n) is 18.6. The molecule has 1 amide bonds. The first-order chi connectivity index (χ1) is 17.5. The Kier molecular flexibility index (Phi) is 5.58. The Hall–Kier alpha value is -4.53. The molecule has 2 aliphatic heterocycles. The van der Waals surface area contributed by atoms with Gasteiger partial charge >= 0.3 is 6.36 Å². The zero-order valence-corrected chi connectivity index (χ0v) is 18.6. The average molecular weight is 518 g/mol. The molecule has 3 aromatic rings. The van der Waals surface area contributed by atoms with Crippen molar-refractivity contribution in [3.05, 3.63) is 92.0 Å². The van der Waals surface area contributed by atoms with E-state index in [1.807, 2.05) is 0 Å². The molecule has 0 unspecified atom stereocenters. The van der Waals surface area contributed by atoms with Crippen LogP contribution in [0.5, 0.6) is 5.75 Å². The van der Waals surface area contributed by atoms with Crippen molar-refractivity contribution in [1.82, 2.24) is 15.3 Å². The minimum absolute atomic E-state index is 0.00489. The number of non-ortho nitro benzene ring substituents is 1. The summed E-state index contributed by atoms with van der Waals surface area (Å²) in [6.45, 7) is 0. The van der Waals surface area contributed by atoms with E-state index >= 15 is 0 Å². The van der Waals surface area contributed by atoms with Gasteiger partial charge in [-0.25, -0.2) is 4.98 Å². The number of hydrogen-bond donors (Lipinski definition) is 3. The summed E-state index contributed by atoms with van der Waals surface area (Å²) in [5, 5.41) is 29.5. The van der Waals surface area contributed by atoms with Crippen LogP contribution in [-0.2, 0) is 16.8 Å². The van der Waals surface area contributed by atoms with Gasteiger partial charge < -0.3 is 15.0 Å². The quantitative estimate of drug-likeness (QED) is 0.331. The number of nitro groups is 2. The van der Waals surface area contributed by atoms with Gasteiger partial charge in [-0.05, 0) is 23.8 Å².